The van der Waals surface area contributed by atoms with Crippen molar-refractivity contribution in [3.8, 4) is 16.8 Å². The zero-order valence-electron chi connectivity index (χ0n) is 20.8. The molecule has 0 bridgehead atoms. The number of carbonyl (C=O) groups is 1. The van der Waals surface area contributed by atoms with E-state index < -0.39 is 0 Å². The first-order valence-corrected chi connectivity index (χ1v) is 13.0. The van der Waals surface area contributed by atoms with Gasteiger partial charge in [-0.1, -0.05) is 48.7 Å². The van der Waals surface area contributed by atoms with Crippen molar-refractivity contribution in [3.63, 3.8) is 0 Å². The second-order valence-electron chi connectivity index (χ2n) is 9.85. The summed E-state index contributed by atoms with van der Waals surface area (Å²) in [7, 11) is 0. The van der Waals surface area contributed by atoms with Crippen molar-refractivity contribution < 1.29 is 9.52 Å². The van der Waals surface area contributed by atoms with Gasteiger partial charge in [0, 0.05) is 45.5 Å². The van der Waals surface area contributed by atoms with E-state index >= 15 is 0 Å². The van der Waals surface area contributed by atoms with Gasteiger partial charge in [0.25, 0.3) is 0 Å². The van der Waals surface area contributed by atoms with Gasteiger partial charge in [0.1, 0.15) is 6.33 Å². The van der Waals surface area contributed by atoms with Crippen molar-refractivity contribution in [1.29, 1.82) is 0 Å². The van der Waals surface area contributed by atoms with Gasteiger partial charge in [-0.2, -0.15) is 9.41 Å². The first-order valence-electron chi connectivity index (χ1n) is 12.6. The third-order valence-corrected chi connectivity index (χ3v) is 7.40. The fraction of sp³-hybridized carbons (Fsp3) is 0.241. The number of aromatic nitrogens is 5. The lowest BCUT2D eigenvalue weighted by molar-refractivity contribution is -0.614. The number of ketones is 1. The highest BCUT2D eigenvalue weighted by Gasteiger charge is 2.34. The van der Waals surface area contributed by atoms with Gasteiger partial charge in [0.05, 0.1) is 17.3 Å². The Morgan fingerprint density at radius 3 is 2.76 bits per heavy atom. The highest BCUT2D eigenvalue weighted by Crippen LogP contribution is 2.41. The first kappa shape index (κ1) is 24.2. The minimum absolute atomic E-state index is 0.0247. The molecule has 0 saturated heterocycles. The van der Waals surface area contributed by atoms with Crippen molar-refractivity contribution in [1.82, 2.24) is 20.2 Å². The van der Waals surface area contributed by atoms with Crippen molar-refractivity contribution in [2.45, 2.75) is 38.5 Å². The van der Waals surface area contributed by atoms with Crippen LogP contribution in [0.5, 0.6) is 0 Å². The lowest BCUT2D eigenvalue weighted by Gasteiger charge is -2.18. The van der Waals surface area contributed by atoms with Crippen LogP contribution in [0, 0.1) is 11.1 Å². The monoisotopic (exact) mass is 524 g/mol. The zero-order valence-corrected chi connectivity index (χ0v) is 21.5. The second kappa shape index (κ2) is 9.95. The Bertz CT molecular complexity index is 1590. The fourth-order valence-corrected chi connectivity index (χ4v) is 5.17. The third-order valence-electron chi connectivity index (χ3n) is 7.17. The molecule has 2 aromatic heterocycles. The van der Waals surface area contributed by atoms with Crippen LogP contribution in [-0.2, 0) is 0 Å². The van der Waals surface area contributed by atoms with E-state index in [0.29, 0.717) is 28.6 Å². The van der Waals surface area contributed by atoms with E-state index in [0.717, 1.165) is 44.9 Å². The van der Waals surface area contributed by atoms with Gasteiger partial charge in [-0.05, 0) is 60.0 Å². The molecule has 190 valence electrons. The largest absolute Gasteiger partial charge is 0.618 e. The molecule has 9 heteroatoms. The summed E-state index contributed by atoms with van der Waals surface area (Å²) in [5.41, 5.74) is 6.29. The number of benzene rings is 2. The zero-order chi connectivity index (χ0) is 26.2. The molecule has 1 unspecified atom stereocenters. The third kappa shape index (κ3) is 4.87. The van der Waals surface area contributed by atoms with E-state index in [1.807, 2.05) is 48.5 Å². The molecule has 38 heavy (non-hydrogen) atoms. The molecule has 8 nitrogen and oxygen atoms in total. The highest BCUT2D eigenvalue weighted by atomic mass is 35.5. The number of rotatable bonds is 8. The molecular weight excluding hydrogens is 500 g/mol. The Morgan fingerprint density at radius 2 is 2.03 bits per heavy atom. The van der Waals surface area contributed by atoms with Crippen LogP contribution in [-0.4, -0.2) is 31.7 Å². The predicted molar refractivity (Wildman–Crippen MR) is 145 cm³/mol. The number of carbonyl (C=O) groups excluding carboxylic acids is 1. The molecule has 1 saturated carbocycles. The molecular formula is C29H25ClN6O2. The van der Waals surface area contributed by atoms with Crippen molar-refractivity contribution in [2.24, 2.45) is 10.9 Å². The summed E-state index contributed by atoms with van der Waals surface area (Å²) in [6.45, 7) is 1.56. The minimum atomic E-state index is -0.0860. The normalized spacial score (nSPS) is 15.7. The standard InChI is InChI=1S/C29H25ClN6O2/c1-18(37)20-3-2-4-21(14-20)26-9-10-27(32-26)25(13-19-5-6-19)29-11-7-22(16-36(29)38)24-15-23(30)8-12-28(24)35-17-31-33-34-35/h2-4,7-9,11-12,14-17,19,25H,5-6,10,13H2,1H3. The molecule has 0 N–H and O–H groups in total. The van der Waals surface area contributed by atoms with Crippen LogP contribution >= 0.6 is 11.6 Å². The van der Waals surface area contributed by atoms with E-state index in [1.54, 1.807) is 23.9 Å². The predicted octanol–water partition coefficient (Wildman–Crippen LogP) is 5.59. The molecule has 3 heterocycles. The quantitative estimate of drug-likeness (QED) is 0.170. The number of pyridine rings is 1. The van der Waals surface area contributed by atoms with Crippen LogP contribution in [0.1, 0.15) is 60.1 Å². The lowest BCUT2D eigenvalue weighted by Crippen LogP contribution is -2.35. The summed E-state index contributed by atoms with van der Waals surface area (Å²) in [4.78, 5) is 16.8. The van der Waals surface area contributed by atoms with Gasteiger partial charge in [0.15, 0.2) is 12.0 Å². The second-order valence-corrected chi connectivity index (χ2v) is 10.3. The van der Waals surface area contributed by atoms with Gasteiger partial charge in [-0.3, -0.25) is 9.79 Å². The maximum Gasteiger partial charge on any atom is 0.201 e. The molecule has 0 amide bonds. The topological polar surface area (TPSA) is 100.0 Å². The van der Waals surface area contributed by atoms with Crippen LogP contribution in [0.3, 0.4) is 0 Å². The molecule has 4 aromatic rings. The number of allylic oxidation sites excluding steroid dienone is 1. The van der Waals surface area contributed by atoms with Gasteiger partial charge in [-0.15, -0.1) is 5.10 Å². The molecule has 6 rings (SSSR count). The molecule has 2 aliphatic rings. The number of Topliss-reactive ketones (excluding diaryl/α,β-unsaturated/α-hetero) is 1. The van der Waals surface area contributed by atoms with Crippen molar-refractivity contribution >= 4 is 28.8 Å². The number of hydrogen-bond donors (Lipinski definition) is 0. The number of aliphatic imine (C=N–C) groups is 1. The number of tetrazole rings is 1. The minimum Gasteiger partial charge on any atom is -0.618 e. The molecule has 0 radical (unpaired) electrons. The summed E-state index contributed by atoms with van der Waals surface area (Å²) < 4.78 is 2.51. The van der Waals surface area contributed by atoms with Crippen LogP contribution in [0.2, 0.25) is 5.02 Å². The van der Waals surface area contributed by atoms with E-state index in [4.69, 9.17) is 16.6 Å². The molecule has 1 aliphatic carbocycles. The molecule has 0 spiro atoms. The molecule has 1 atom stereocenters. The summed E-state index contributed by atoms with van der Waals surface area (Å²) in [6, 6.07) is 16.8. The Morgan fingerprint density at radius 1 is 1.16 bits per heavy atom. The smallest absolute Gasteiger partial charge is 0.201 e. The van der Waals surface area contributed by atoms with Crippen molar-refractivity contribution in [2.75, 3.05) is 0 Å². The van der Waals surface area contributed by atoms with Crippen LogP contribution in [0.4, 0.5) is 0 Å². The Hall–Kier alpha value is -4.17. The van der Waals surface area contributed by atoms with E-state index in [2.05, 4.69) is 21.6 Å². The van der Waals surface area contributed by atoms with Gasteiger partial charge >= 0.3 is 0 Å². The van der Waals surface area contributed by atoms with Gasteiger partial charge in [0.2, 0.25) is 5.69 Å². The maximum atomic E-state index is 13.5. The Labute approximate surface area is 224 Å². The van der Waals surface area contributed by atoms with E-state index in [9.17, 15) is 10.0 Å². The maximum absolute atomic E-state index is 13.5. The van der Waals surface area contributed by atoms with Crippen LogP contribution in [0.15, 0.2) is 78.2 Å². The van der Waals surface area contributed by atoms with Gasteiger partial charge < -0.3 is 5.21 Å². The van der Waals surface area contributed by atoms with Gasteiger partial charge in [-0.25, -0.2) is 0 Å². The number of hydrogen-bond acceptors (Lipinski definition) is 6. The first-order chi connectivity index (χ1) is 18.5. The van der Waals surface area contributed by atoms with E-state index in [1.165, 1.54) is 19.2 Å². The molecule has 2 aromatic carbocycles. The summed E-state index contributed by atoms with van der Waals surface area (Å²) >= 11 is 6.31. The number of nitrogens with zero attached hydrogens (tertiary/aromatic N) is 6. The fourth-order valence-electron chi connectivity index (χ4n) is 4.99. The SMILES string of the molecule is CC(=O)c1cccc(C2=CCC(C(CC3CC3)c3ccc(-c4cc(Cl)ccc4-n4cnnn4)c[n+]3[O-])=N2)c1. The van der Waals surface area contributed by atoms with Crippen molar-refractivity contribution in [3.05, 3.63) is 100 Å². The summed E-state index contributed by atoms with van der Waals surface area (Å²) in [5.74, 6) is 0.542. The van der Waals surface area contributed by atoms with Crippen LogP contribution < -0.4 is 4.73 Å². The highest BCUT2D eigenvalue weighted by molar-refractivity contribution is 6.31. The average Bonchev–Trinajstić information content (AvgIpc) is 3.36. The van der Waals surface area contributed by atoms with E-state index in [-0.39, 0.29) is 11.7 Å². The lowest BCUT2D eigenvalue weighted by atomic mass is 9.90. The Kier molecular flexibility index (Phi) is 6.33. The molecule has 1 aliphatic heterocycles. The Balaban J connectivity index is 1.34. The molecule has 1 fully saturated rings. The number of halogens is 1. The van der Waals surface area contributed by atoms with Crippen LogP contribution in [0.25, 0.3) is 22.5 Å². The summed E-state index contributed by atoms with van der Waals surface area (Å²) in [6.07, 6.45) is 9.11. The summed E-state index contributed by atoms with van der Waals surface area (Å²) in [5, 5.41) is 25.5. The average molecular weight is 525 g/mol.